The maximum Gasteiger partial charge on any atom is 0.0412 e. The summed E-state index contributed by atoms with van der Waals surface area (Å²) in [6.45, 7) is 0. The lowest BCUT2D eigenvalue weighted by molar-refractivity contribution is 1.75. The summed E-state index contributed by atoms with van der Waals surface area (Å²) in [6, 6.07) is 14.1. The molecule has 0 spiro atoms. The average molecular weight is 173 g/mol. The molecule has 0 unspecified atom stereocenters. The van der Waals surface area contributed by atoms with Crippen molar-refractivity contribution >= 4 is 22.4 Å². The van der Waals surface area contributed by atoms with Crippen LogP contribution < -0.4 is 0 Å². The first-order valence-corrected chi connectivity index (χ1v) is 3.88. The summed E-state index contributed by atoms with van der Waals surface area (Å²) >= 11 is 5.82. The molecule has 2 aromatic rings. The first kappa shape index (κ1) is 6.68. The van der Waals surface area contributed by atoms with Crippen LogP contribution in [-0.2, 0) is 0 Å². The van der Waals surface area contributed by atoms with Gasteiger partial charge in [0, 0.05) is 5.02 Å². The van der Waals surface area contributed by atoms with E-state index >= 15 is 0 Å². The molecular weight excluding hydrogens is 165 g/mol. The monoisotopic (exact) mass is 172 g/mol. The lowest BCUT2D eigenvalue weighted by atomic mass is 11.1. The minimum atomic E-state index is 0.795. The lowest BCUT2D eigenvalue weighted by Gasteiger charge is -1.95. The Morgan fingerprint density at radius 2 is 1.55 bits per heavy atom. The maximum absolute atomic E-state index is 5.82. The van der Waals surface area contributed by atoms with Gasteiger partial charge in [0.05, 0.1) is 0 Å². The van der Waals surface area contributed by atoms with E-state index < -0.39 is 0 Å². The van der Waals surface area contributed by atoms with Gasteiger partial charge in [-0.25, -0.2) is 0 Å². The van der Waals surface area contributed by atoms with E-state index in [1.807, 2.05) is 30.3 Å². The highest BCUT2D eigenvalue weighted by atomic mass is 35.5. The summed E-state index contributed by atoms with van der Waals surface area (Å²) in [4.78, 5) is 0. The fraction of sp³-hybridized carbons (Fsp3) is 0. The number of hydrogen-bond donors (Lipinski definition) is 0. The van der Waals surface area contributed by atoms with Crippen molar-refractivity contribution in [3.8, 4) is 0 Å². The first-order chi connectivity index (χ1) is 5.36. The van der Waals surface area contributed by atoms with E-state index in [-0.39, 0.29) is 0 Å². The molecule has 0 atom stereocenters. The van der Waals surface area contributed by atoms with Gasteiger partial charge in [-0.2, -0.15) is 0 Å². The van der Waals surface area contributed by atoms with Gasteiger partial charge in [0.15, 0.2) is 0 Å². The van der Waals surface area contributed by atoms with E-state index in [2.05, 4.69) is 12.1 Å². The van der Waals surface area contributed by atoms with Crippen molar-refractivity contribution in [1.29, 1.82) is 0 Å². The summed E-state index contributed by atoms with van der Waals surface area (Å²) in [5, 5.41) is 3.22. The first-order valence-electron chi connectivity index (χ1n) is 3.50. The number of hydrogen-bond acceptors (Lipinski definition) is 0. The Labute approximate surface area is 70.4 Å². The summed E-state index contributed by atoms with van der Waals surface area (Å²) in [5.74, 6) is 0. The number of fused-ring (bicyclic) bond motifs is 1. The van der Waals surface area contributed by atoms with E-state index in [1.165, 1.54) is 10.8 Å². The van der Waals surface area contributed by atoms with Crippen molar-refractivity contribution in [3.05, 3.63) is 47.5 Å². The standard InChI is InChI=1S/C10H7Cl/c11-10-6-5-8-3-1-2-4-9(8)7-10/h1-7H/i1+1,2+1,3+1,4+1,5+1,6+1,7+1,8+1,9+1,10+1. The second-order valence-electron chi connectivity index (χ2n) is 2.49. The molecule has 0 saturated carbocycles. The Bertz CT molecular complexity index is 379. The average Bonchev–Trinajstić information content (AvgIpc) is 2.04. The molecule has 0 aliphatic rings. The summed E-state index contributed by atoms with van der Waals surface area (Å²) in [7, 11) is 0. The van der Waals surface area contributed by atoms with Crippen molar-refractivity contribution in [2.24, 2.45) is 0 Å². The van der Waals surface area contributed by atoms with Crippen molar-refractivity contribution in [2.75, 3.05) is 0 Å². The Morgan fingerprint density at radius 3 is 2.36 bits per heavy atom. The zero-order chi connectivity index (χ0) is 7.68. The van der Waals surface area contributed by atoms with Crippen LogP contribution in [0.5, 0.6) is 0 Å². The molecule has 0 nitrogen and oxygen atoms in total. The minimum Gasteiger partial charge on any atom is -0.0843 e. The van der Waals surface area contributed by atoms with E-state index in [0.717, 1.165) is 5.02 Å². The molecule has 54 valence electrons. The predicted molar refractivity (Wildman–Crippen MR) is 49.0 cm³/mol. The fourth-order valence-electron chi connectivity index (χ4n) is 1.16. The molecule has 0 aliphatic carbocycles. The van der Waals surface area contributed by atoms with Crippen LogP contribution in [0.1, 0.15) is 0 Å². The molecule has 0 heterocycles. The number of benzene rings is 2. The highest BCUT2D eigenvalue weighted by Gasteiger charge is 1.90. The second-order valence-corrected chi connectivity index (χ2v) is 2.93. The summed E-state index contributed by atoms with van der Waals surface area (Å²) in [5.41, 5.74) is 0. The smallest absolute Gasteiger partial charge is 0.0412 e. The largest absolute Gasteiger partial charge is 0.0843 e. The molecule has 0 radical (unpaired) electrons. The molecule has 2 rings (SSSR count). The van der Waals surface area contributed by atoms with Crippen LogP contribution in [0.4, 0.5) is 0 Å². The molecule has 0 fully saturated rings. The van der Waals surface area contributed by atoms with Gasteiger partial charge < -0.3 is 0 Å². The summed E-state index contributed by atoms with van der Waals surface area (Å²) < 4.78 is 0. The Hall–Kier alpha value is -1.01. The molecule has 0 amide bonds. The van der Waals surface area contributed by atoms with Crippen LogP contribution >= 0.6 is 11.6 Å². The van der Waals surface area contributed by atoms with Gasteiger partial charge in [0.2, 0.25) is 0 Å². The third-order valence-corrected chi connectivity index (χ3v) is 1.95. The van der Waals surface area contributed by atoms with Crippen LogP contribution in [0.25, 0.3) is 10.8 Å². The molecule has 1 heteroatoms. The molecule has 11 heavy (non-hydrogen) atoms. The molecule has 0 aromatic heterocycles. The van der Waals surface area contributed by atoms with E-state index in [4.69, 9.17) is 11.6 Å². The van der Waals surface area contributed by atoms with E-state index in [1.54, 1.807) is 0 Å². The van der Waals surface area contributed by atoms with Crippen molar-refractivity contribution < 1.29 is 0 Å². The zero-order valence-electron chi connectivity index (χ0n) is 5.92. The quantitative estimate of drug-likeness (QED) is 0.571. The van der Waals surface area contributed by atoms with Crippen LogP contribution in [0.3, 0.4) is 0 Å². The van der Waals surface area contributed by atoms with Gasteiger partial charge in [0.25, 0.3) is 0 Å². The Morgan fingerprint density at radius 1 is 0.818 bits per heavy atom. The Kier molecular flexibility index (Phi) is 1.55. The molecule has 0 N–H and O–H groups in total. The highest BCUT2D eigenvalue weighted by Crippen LogP contribution is 2.18. The summed E-state index contributed by atoms with van der Waals surface area (Å²) in [6.07, 6.45) is 0. The fourth-order valence-corrected chi connectivity index (χ4v) is 1.34. The second kappa shape index (κ2) is 2.55. The predicted octanol–water partition coefficient (Wildman–Crippen LogP) is 3.49. The van der Waals surface area contributed by atoms with Crippen molar-refractivity contribution in [3.63, 3.8) is 0 Å². The third kappa shape index (κ3) is 1.22. The van der Waals surface area contributed by atoms with Gasteiger partial charge in [-0.15, -0.1) is 0 Å². The number of halogens is 1. The topological polar surface area (TPSA) is 0 Å². The molecule has 0 bridgehead atoms. The van der Waals surface area contributed by atoms with Crippen LogP contribution in [0.2, 0.25) is 5.02 Å². The van der Waals surface area contributed by atoms with Crippen LogP contribution in [-0.4, -0.2) is 0 Å². The van der Waals surface area contributed by atoms with Crippen molar-refractivity contribution in [2.45, 2.75) is 0 Å². The van der Waals surface area contributed by atoms with Crippen LogP contribution in [0.15, 0.2) is 42.5 Å². The van der Waals surface area contributed by atoms with Crippen molar-refractivity contribution in [1.82, 2.24) is 0 Å². The maximum atomic E-state index is 5.82. The minimum absolute atomic E-state index is 0.795. The van der Waals surface area contributed by atoms with Crippen LogP contribution in [0, 0.1) is 0 Å². The zero-order valence-corrected chi connectivity index (χ0v) is 6.68. The molecule has 0 saturated heterocycles. The molecular formula is C10H7Cl. The Balaban J connectivity index is 2.83. The normalized spacial score (nSPS) is 10.3. The van der Waals surface area contributed by atoms with E-state index in [9.17, 15) is 0 Å². The van der Waals surface area contributed by atoms with Gasteiger partial charge in [-0.1, -0.05) is 41.9 Å². The van der Waals surface area contributed by atoms with Gasteiger partial charge in [0.1, 0.15) is 0 Å². The molecule has 2 aromatic carbocycles. The van der Waals surface area contributed by atoms with E-state index in [0.29, 0.717) is 0 Å². The van der Waals surface area contributed by atoms with Gasteiger partial charge >= 0.3 is 0 Å². The highest BCUT2D eigenvalue weighted by molar-refractivity contribution is 6.31. The van der Waals surface area contributed by atoms with Gasteiger partial charge in [-0.3, -0.25) is 0 Å². The number of rotatable bonds is 0. The third-order valence-electron chi connectivity index (χ3n) is 1.71. The molecule has 0 aliphatic heterocycles. The van der Waals surface area contributed by atoms with Gasteiger partial charge in [-0.05, 0) is 22.9 Å². The SMILES string of the molecule is Cl[13c]1[13cH][13cH][13c]2[13cH][13cH][13cH][13cH][13c]2[13cH]1. The lowest BCUT2D eigenvalue weighted by Crippen LogP contribution is -1.69.